The molecule has 2 N–H and O–H groups in total. The number of aromatic amines is 1. The maximum absolute atomic E-state index is 5.60. The van der Waals surface area contributed by atoms with Crippen LogP contribution in [-0.2, 0) is 0 Å². The predicted molar refractivity (Wildman–Crippen MR) is 89.5 cm³/mol. The Hall–Kier alpha value is -2.82. The summed E-state index contributed by atoms with van der Waals surface area (Å²) in [6, 6.07) is 15.6. The van der Waals surface area contributed by atoms with E-state index in [1.807, 2.05) is 62.4 Å². The summed E-state index contributed by atoms with van der Waals surface area (Å²) in [5, 5.41) is 4.19. The molecule has 5 heteroatoms. The summed E-state index contributed by atoms with van der Waals surface area (Å²) >= 11 is 0. The molecule has 0 aliphatic rings. The van der Waals surface area contributed by atoms with E-state index in [2.05, 4.69) is 20.5 Å². The second kappa shape index (κ2) is 6.30. The average molecular weight is 294 g/mol. The van der Waals surface area contributed by atoms with Crippen molar-refractivity contribution in [3.05, 3.63) is 54.1 Å². The topological polar surface area (TPSA) is 62.3 Å². The monoisotopic (exact) mass is 294 g/mol. The second-order valence-corrected chi connectivity index (χ2v) is 5.21. The van der Waals surface area contributed by atoms with E-state index in [4.69, 9.17) is 4.74 Å². The number of fused-ring (bicyclic) bond motifs is 1. The highest BCUT2D eigenvalue weighted by Crippen LogP contribution is 2.14. The number of rotatable bonds is 5. The third kappa shape index (κ3) is 3.44. The highest BCUT2D eigenvalue weighted by molar-refractivity contribution is 5.81. The number of hydrazone groups is 1. The Morgan fingerprint density at radius 1 is 1.14 bits per heavy atom. The maximum Gasteiger partial charge on any atom is 0.222 e. The molecule has 2 aromatic carbocycles. The van der Waals surface area contributed by atoms with Gasteiger partial charge in [0.25, 0.3) is 0 Å². The Morgan fingerprint density at radius 3 is 2.64 bits per heavy atom. The van der Waals surface area contributed by atoms with Gasteiger partial charge in [-0.15, -0.1) is 0 Å². The first-order chi connectivity index (χ1) is 10.7. The number of para-hydroxylation sites is 2. The average Bonchev–Trinajstić information content (AvgIpc) is 2.91. The minimum absolute atomic E-state index is 0.175. The highest BCUT2D eigenvalue weighted by Gasteiger charge is 2.00. The quantitative estimate of drug-likeness (QED) is 0.556. The van der Waals surface area contributed by atoms with Crippen LogP contribution >= 0.6 is 0 Å². The summed E-state index contributed by atoms with van der Waals surface area (Å²) < 4.78 is 5.60. The summed E-state index contributed by atoms with van der Waals surface area (Å²) in [6.07, 6.45) is 1.92. The summed E-state index contributed by atoms with van der Waals surface area (Å²) in [4.78, 5) is 7.55. The molecule has 3 aromatic rings. The van der Waals surface area contributed by atoms with E-state index in [-0.39, 0.29) is 6.10 Å². The van der Waals surface area contributed by atoms with Crippen molar-refractivity contribution in [1.29, 1.82) is 0 Å². The number of nitrogens with one attached hydrogen (secondary N) is 2. The van der Waals surface area contributed by atoms with Gasteiger partial charge in [0.2, 0.25) is 5.95 Å². The van der Waals surface area contributed by atoms with Crippen LogP contribution in [0, 0.1) is 0 Å². The predicted octanol–water partition coefficient (Wildman–Crippen LogP) is 3.80. The number of ether oxygens (including phenoxy) is 1. The van der Waals surface area contributed by atoms with Crippen LogP contribution < -0.4 is 10.2 Å². The standard InChI is InChI=1S/C17H18N4O/c1-12(2)22-14-9-7-13(8-10-14)11-18-21-17-19-15-5-3-4-6-16(15)20-17/h3-12H,1-2H3,(H2,19,20,21)/b18-11-. The molecule has 0 spiro atoms. The molecule has 0 saturated heterocycles. The lowest BCUT2D eigenvalue weighted by atomic mass is 10.2. The van der Waals surface area contributed by atoms with E-state index in [1.165, 1.54) is 0 Å². The fraction of sp³-hybridized carbons (Fsp3) is 0.176. The molecule has 0 bridgehead atoms. The number of hydrogen-bond acceptors (Lipinski definition) is 4. The van der Waals surface area contributed by atoms with E-state index >= 15 is 0 Å². The number of imidazole rings is 1. The number of aromatic nitrogens is 2. The van der Waals surface area contributed by atoms with E-state index in [0.717, 1.165) is 22.3 Å². The Morgan fingerprint density at radius 2 is 1.91 bits per heavy atom. The van der Waals surface area contributed by atoms with E-state index in [9.17, 15) is 0 Å². The van der Waals surface area contributed by atoms with Crippen molar-refractivity contribution < 1.29 is 4.74 Å². The molecule has 0 unspecified atom stereocenters. The Bertz CT molecular complexity index is 742. The molecule has 0 amide bonds. The zero-order valence-electron chi connectivity index (χ0n) is 12.6. The van der Waals surface area contributed by atoms with Crippen LogP contribution in [0.3, 0.4) is 0 Å². The van der Waals surface area contributed by atoms with Gasteiger partial charge in [0.05, 0.1) is 23.4 Å². The van der Waals surface area contributed by atoms with Gasteiger partial charge in [-0.2, -0.15) is 5.10 Å². The van der Waals surface area contributed by atoms with Crippen molar-refractivity contribution in [3.63, 3.8) is 0 Å². The molecule has 0 atom stereocenters. The van der Waals surface area contributed by atoms with Crippen molar-refractivity contribution in [3.8, 4) is 5.75 Å². The van der Waals surface area contributed by atoms with Gasteiger partial charge in [-0.05, 0) is 55.8 Å². The lowest BCUT2D eigenvalue weighted by Crippen LogP contribution is -2.05. The molecule has 1 aromatic heterocycles. The van der Waals surface area contributed by atoms with Crippen LogP contribution in [0.5, 0.6) is 5.75 Å². The van der Waals surface area contributed by atoms with Crippen molar-refractivity contribution in [2.24, 2.45) is 5.10 Å². The molecule has 3 rings (SSSR count). The number of hydrogen-bond donors (Lipinski definition) is 2. The third-order valence-electron chi connectivity index (χ3n) is 3.03. The second-order valence-electron chi connectivity index (χ2n) is 5.21. The van der Waals surface area contributed by atoms with Gasteiger partial charge < -0.3 is 9.72 Å². The summed E-state index contributed by atoms with van der Waals surface area (Å²) in [7, 11) is 0. The van der Waals surface area contributed by atoms with Gasteiger partial charge in [-0.3, -0.25) is 0 Å². The molecule has 0 radical (unpaired) electrons. The number of H-pyrrole nitrogens is 1. The largest absolute Gasteiger partial charge is 0.491 e. The molecular weight excluding hydrogens is 276 g/mol. The van der Waals surface area contributed by atoms with Crippen LogP contribution in [0.2, 0.25) is 0 Å². The Labute approximate surface area is 129 Å². The molecule has 0 aliphatic heterocycles. The summed E-state index contributed by atoms with van der Waals surface area (Å²) in [5.41, 5.74) is 5.78. The van der Waals surface area contributed by atoms with Crippen LogP contribution in [-0.4, -0.2) is 22.3 Å². The van der Waals surface area contributed by atoms with Crippen LogP contribution in [0.25, 0.3) is 11.0 Å². The maximum atomic E-state index is 5.60. The minimum Gasteiger partial charge on any atom is -0.491 e. The molecular formula is C17H18N4O. The normalized spacial score (nSPS) is 11.4. The lowest BCUT2D eigenvalue weighted by Gasteiger charge is -2.08. The smallest absolute Gasteiger partial charge is 0.222 e. The number of benzene rings is 2. The lowest BCUT2D eigenvalue weighted by molar-refractivity contribution is 0.242. The highest BCUT2D eigenvalue weighted by atomic mass is 16.5. The first-order valence-corrected chi connectivity index (χ1v) is 7.21. The molecule has 22 heavy (non-hydrogen) atoms. The Balaban J connectivity index is 1.64. The van der Waals surface area contributed by atoms with E-state index in [1.54, 1.807) is 6.21 Å². The first kappa shape index (κ1) is 14.1. The minimum atomic E-state index is 0.175. The van der Waals surface area contributed by atoms with Crippen molar-refractivity contribution in [1.82, 2.24) is 9.97 Å². The zero-order chi connectivity index (χ0) is 15.4. The zero-order valence-corrected chi connectivity index (χ0v) is 12.6. The van der Waals surface area contributed by atoms with Crippen LogP contribution in [0.1, 0.15) is 19.4 Å². The fourth-order valence-corrected chi connectivity index (χ4v) is 2.08. The summed E-state index contributed by atoms with van der Waals surface area (Å²) in [6.45, 7) is 4.01. The van der Waals surface area contributed by atoms with Crippen molar-refractivity contribution in [2.45, 2.75) is 20.0 Å². The van der Waals surface area contributed by atoms with E-state index in [0.29, 0.717) is 5.95 Å². The summed E-state index contributed by atoms with van der Waals surface area (Å²) in [5.74, 6) is 1.48. The van der Waals surface area contributed by atoms with Gasteiger partial charge >= 0.3 is 0 Å². The van der Waals surface area contributed by atoms with Crippen molar-refractivity contribution in [2.75, 3.05) is 5.43 Å². The molecule has 112 valence electrons. The molecule has 0 saturated carbocycles. The van der Waals surface area contributed by atoms with E-state index < -0.39 is 0 Å². The van der Waals surface area contributed by atoms with Gasteiger partial charge in [0, 0.05) is 0 Å². The SMILES string of the molecule is CC(C)Oc1ccc(/C=N\Nc2nc3ccccc3[nH]2)cc1. The first-order valence-electron chi connectivity index (χ1n) is 7.21. The van der Waals surface area contributed by atoms with Crippen LogP contribution in [0.15, 0.2) is 53.6 Å². The fourth-order valence-electron chi connectivity index (χ4n) is 2.08. The molecule has 5 nitrogen and oxygen atoms in total. The van der Waals surface area contributed by atoms with Gasteiger partial charge in [-0.1, -0.05) is 12.1 Å². The van der Waals surface area contributed by atoms with Gasteiger partial charge in [0.1, 0.15) is 5.75 Å². The van der Waals surface area contributed by atoms with Crippen LogP contribution in [0.4, 0.5) is 5.95 Å². The van der Waals surface area contributed by atoms with Gasteiger partial charge in [0.15, 0.2) is 0 Å². The molecule has 0 fully saturated rings. The number of nitrogens with zero attached hydrogens (tertiary/aromatic N) is 2. The van der Waals surface area contributed by atoms with Gasteiger partial charge in [-0.25, -0.2) is 10.4 Å². The molecule has 1 heterocycles. The molecule has 0 aliphatic carbocycles. The Kier molecular flexibility index (Phi) is 4.05. The number of anilines is 1. The third-order valence-corrected chi connectivity index (χ3v) is 3.03. The van der Waals surface area contributed by atoms with Crippen molar-refractivity contribution >= 4 is 23.2 Å².